The van der Waals surface area contributed by atoms with Crippen LogP contribution in [0.1, 0.15) is 5.69 Å². The normalized spacial score (nSPS) is 10.3. The van der Waals surface area contributed by atoms with Crippen LogP contribution in [0.4, 0.5) is 10.1 Å². The topological polar surface area (TPSA) is 48.1 Å². The highest BCUT2D eigenvalue weighted by Gasteiger charge is 2.08. The molecular weight excluding hydrogens is 287 g/mol. The number of benzene rings is 1. The van der Waals surface area contributed by atoms with Gasteiger partial charge in [0.1, 0.15) is 5.82 Å². The van der Waals surface area contributed by atoms with E-state index >= 15 is 0 Å². The molecule has 3 nitrogen and oxygen atoms in total. The van der Waals surface area contributed by atoms with Crippen molar-refractivity contribution in [2.24, 2.45) is 0 Å². The molecule has 0 spiro atoms. The van der Waals surface area contributed by atoms with Crippen molar-refractivity contribution < 1.29 is 9.13 Å². The van der Waals surface area contributed by atoms with Gasteiger partial charge in [0.2, 0.25) is 5.88 Å². The number of nitrogens with two attached hydrogens (primary N) is 1. The van der Waals surface area contributed by atoms with Gasteiger partial charge in [-0.3, -0.25) is 0 Å². The lowest BCUT2D eigenvalue weighted by atomic mass is 10.3. The summed E-state index contributed by atoms with van der Waals surface area (Å²) in [5, 5.41) is 0. The van der Waals surface area contributed by atoms with Crippen molar-refractivity contribution in [2.45, 2.75) is 6.92 Å². The van der Waals surface area contributed by atoms with E-state index in [0.717, 1.165) is 5.69 Å². The van der Waals surface area contributed by atoms with Crippen molar-refractivity contribution in [3.63, 3.8) is 0 Å². The van der Waals surface area contributed by atoms with Gasteiger partial charge in [0.25, 0.3) is 0 Å². The van der Waals surface area contributed by atoms with Crippen molar-refractivity contribution in [2.75, 3.05) is 5.73 Å². The number of anilines is 1. The third kappa shape index (κ3) is 2.74. The Labute approximate surface area is 107 Å². The fourth-order valence-corrected chi connectivity index (χ4v) is 1.68. The van der Waals surface area contributed by atoms with Crippen LogP contribution in [0.3, 0.4) is 0 Å². The number of hydrogen-bond donors (Lipinski definition) is 1. The molecule has 1 aromatic heterocycles. The second kappa shape index (κ2) is 4.71. The van der Waals surface area contributed by atoms with Gasteiger partial charge in [-0.15, -0.1) is 0 Å². The molecule has 0 aliphatic carbocycles. The van der Waals surface area contributed by atoms with Gasteiger partial charge in [-0.25, -0.2) is 9.37 Å². The summed E-state index contributed by atoms with van der Waals surface area (Å²) in [7, 11) is 0. The van der Waals surface area contributed by atoms with Crippen LogP contribution in [0.5, 0.6) is 11.6 Å². The molecule has 0 unspecified atom stereocenters. The minimum atomic E-state index is -0.429. The Kier molecular flexibility index (Phi) is 3.28. The minimum Gasteiger partial charge on any atom is -0.437 e. The fraction of sp³-hybridized carbons (Fsp3) is 0.0833. The summed E-state index contributed by atoms with van der Waals surface area (Å²) in [5.74, 6) is 0.212. The molecule has 0 aliphatic rings. The van der Waals surface area contributed by atoms with Crippen LogP contribution in [0, 0.1) is 12.7 Å². The maximum absolute atomic E-state index is 13.3. The van der Waals surface area contributed by atoms with E-state index in [2.05, 4.69) is 20.9 Å². The largest absolute Gasteiger partial charge is 0.437 e. The Bertz CT molecular complexity index is 560. The first-order valence-electron chi connectivity index (χ1n) is 4.92. The van der Waals surface area contributed by atoms with Crippen molar-refractivity contribution in [3.05, 3.63) is 46.3 Å². The zero-order valence-corrected chi connectivity index (χ0v) is 10.7. The molecule has 5 heteroatoms. The standard InChI is InChI=1S/C12H10BrFN2O/c1-7-3-2-4-12(16-7)17-11-6-9(14)8(13)5-10(11)15/h2-6H,15H2,1H3. The van der Waals surface area contributed by atoms with Gasteiger partial charge >= 0.3 is 0 Å². The third-order valence-corrected chi connectivity index (χ3v) is 2.74. The highest BCUT2D eigenvalue weighted by atomic mass is 79.9. The van der Waals surface area contributed by atoms with Crippen LogP contribution in [0.25, 0.3) is 0 Å². The Morgan fingerprint density at radius 1 is 1.35 bits per heavy atom. The lowest BCUT2D eigenvalue weighted by Gasteiger charge is -2.08. The van der Waals surface area contributed by atoms with E-state index in [4.69, 9.17) is 10.5 Å². The van der Waals surface area contributed by atoms with Crippen LogP contribution in [-0.2, 0) is 0 Å². The zero-order valence-electron chi connectivity index (χ0n) is 9.08. The number of rotatable bonds is 2. The Hall–Kier alpha value is -1.62. The Morgan fingerprint density at radius 3 is 2.82 bits per heavy atom. The maximum atomic E-state index is 13.3. The van der Waals surface area contributed by atoms with Crippen molar-refractivity contribution in [1.29, 1.82) is 0 Å². The number of hydrogen-bond acceptors (Lipinski definition) is 3. The molecule has 2 rings (SSSR count). The summed E-state index contributed by atoms with van der Waals surface area (Å²) < 4.78 is 19.1. The fourth-order valence-electron chi connectivity index (χ4n) is 1.32. The highest BCUT2D eigenvalue weighted by molar-refractivity contribution is 9.10. The zero-order chi connectivity index (χ0) is 12.4. The summed E-state index contributed by atoms with van der Waals surface area (Å²) in [4.78, 5) is 4.15. The molecule has 0 amide bonds. The van der Waals surface area contributed by atoms with Gasteiger partial charge in [0.15, 0.2) is 5.75 Å². The number of nitrogen functional groups attached to an aromatic ring is 1. The van der Waals surface area contributed by atoms with Crippen molar-refractivity contribution in [1.82, 2.24) is 4.98 Å². The van der Waals surface area contributed by atoms with E-state index in [0.29, 0.717) is 16.0 Å². The SMILES string of the molecule is Cc1cccc(Oc2cc(F)c(Br)cc2N)n1. The average Bonchev–Trinajstić information content (AvgIpc) is 2.26. The molecule has 2 aromatic rings. The summed E-state index contributed by atoms with van der Waals surface area (Å²) in [6.07, 6.45) is 0. The molecule has 88 valence electrons. The van der Waals surface area contributed by atoms with E-state index in [1.54, 1.807) is 6.07 Å². The number of pyridine rings is 1. The molecule has 0 radical (unpaired) electrons. The molecule has 0 atom stereocenters. The summed E-state index contributed by atoms with van der Waals surface area (Å²) >= 11 is 3.05. The molecule has 0 bridgehead atoms. The van der Waals surface area contributed by atoms with Crippen molar-refractivity contribution in [3.8, 4) is 11.6 Å². The maximum Gasteiger partial charge on any atom is 0.219 e. The average molecular weight is 297 g/mol. The summed E-state index contributed by atoms with van der Waals surface area (Å²) in [5.41, 5.74) is 6.89. The van der Waals surface area contributed by atoms with Crippen LogP contribution >= 0.6 is 15.9 Å². The Balaban J connectivity index is 2.33. The van der Waals surface area contributed by atoms with E-state index < -0.39 is 5.82 Å². The monoisotopic (exact) mass is 296 g/mol. The lowest BCUT2D eigenvalue weighted by molar-refractivity contribution is 0.459. The van der Waals surface area contributed by atoms with Crippen molar-refractivity contribution >= 4 is 21.6 Å². The smallest absolute Gasteiger partial charge is 0.219 e. The third-order valence-electron chi connectivity index (χ3n) is 2.13. The molecule has 0 fully saturated rings. The van der Waals surface area contributed by atoms with Gasteiger partial charge in [-0.2, -0.15) is 0 Å². The first kappa shape index (κ1) is 11.9. The number of halogens is 2. The van der Waals surface area contributed by atoms with Gasteiger partial charge in [0, 0.05) is 17.8 Å². The van der Waals surface area contributed by atoms with Gasteiger partial charge < -0.3 is 10.5 Å². The highest BCUT2D eigenvalue weighted by Crippen LogP contribution is 2.31. The van der Waals surface area contributed by atoms with Gasteiger partial charge in [0.05, 0.1) is 10.2 Å². The number of aromatic nitrogens is 1. The molecule has 0 saturated heterocycles. The minimum absolute atomic E-state index is 0.254. The van der Waals surface area contributed by atoms with E-state index in [9.17, 15) is 4.39 Å². The first-order chi connectivity index (χ1) is 8.06. The van der Waals surface area contributed by atoms with E-state index in [1.165, 1.54) is 12.1 Å². The second-order valence-corrected chi connectivity index (χ2v) is 4.38. The van der Waals surface area contributed by atoms with Crippen LogP contribution in [0.2, 0.25) is 0 Å². The van der Waals surface area contributed by atoms with Crippen LogP contribution in [0.15, 0.2) is 34.8 Å². The number of ether oxygens (including phenoxy) is 1. The second-order valence-electron chi connectivity index (χ2n) is 3.52. The summed E-state index contributed by atoms with van der Waals surface area (Å²) in [6, 6.07) is 8.03. The van der Waals surface area contributed by atoms with E-state index in [-0.39, 0.29) is 5.75 Å². The molecular formula is C12H10BrFN2O. The quantitative estimate of drug-likeness (QED) is 0.860. The predicted molar refractivity (Wildman–Crippen MR) is 67.6 cm³/mol. The van der Waals surface area contributed by atoms with Crippen LogP contribution < -0.4 is 10.5 Å². The number of aryl methyl sites for hydroxylation is 1. The first-order valence-corrected chi connectivity index (χ1v) is 5.71. The van der Waals surface area contributed by atoms with E-state index in [1.807, 2.05) is 19.1 Å². The predicted octanol–water partition coefficient (Wildman–Crippen LogP) is 3.67. The van der Waals surface area contributed by atoms with Gasteiger partial charge in [-0.1, -0.05) is 6.07 Å². The molecule has 17 heavy (non-hydrogen) atoms. The molecule has 2 N–H and O–H groups in total. The van der Waals surface area contributed by atoms with Crippen LogP contribution in [-0.4, -0.2) is 4.98 Å². The molecule has 1 heterocycles. The Morgan fingerprint density at radius 2 is 2.12 bits per heavy atom. The molecule has 0 aliphatic heterocycles. The summed E-state index contributed by atoms with van der Waals surface area (Å²) in [6.45, 7) is 1.85. The van der Waals surface area contributed by atoms with Gasteiger partial charge in [-0.05, 0) is 35.0 Å². The lowest BCUT2D eigenvalue weighted by Crippen LogP contribution is -1.95. The molecule has 1 aromatic carbocycles. The molecule has 0 saturated carbocycles. The number of nitrogens with zero attached hydrogens (tertiary/aromatic N) is 1.